The van der Waals surface area contributed by atoms with Gasteiger partial charge in [0.2, 0.25) is 0 Å². The van der Waals surface area contributed by atoms with E-state index in [1.54, 1.807) is 0 Å². The molecule has 0 aromatic rings. The molecule has 1 heterocycles. The lowest BCUT2D eigenvalue weighted by Crippen LogP contribution is -2.39. The molecule has 1 aliphatic carbocycles. The van der Waals surface area contributed by atoms with Gasteiger partial charge >= 0.3 is 0 Å². The number of rotatable bonds is 4. The van der Waals surface area contributed by atoms with E-state index in [0.717, 1.165) is 19.1 Å². The highest BCUT2D eigenvalue weighted by atomic mass is 16.5. The zero-order valence-electron chi connectivity index (χ0n) is 10.1. The summed E-state index contributed by atoms with van der Waals surface area (Å²) in [5, 5.41) is 3.40. The summed E-state index contributed by atoms with van der Waals surface area (Å²) in [7, 11) is 2.09. The topological polar surface area (TPSA) is 21.3 Å². The maximum atomic E-state index is 5.51. The molecule has 0 atom stereocenters. The maximum absolute atomic E-state index is 5.51. The van der Waals surface area contributed by atoms with Crippen molar-refractivity contribution in [3.63, 3.8) is 0 Å². The van der Waals surface area contributed by atoms with Crippen LogP contribution in [-0.2, 0) is 4.74 Å². The Morgan fingerprint density at radius 2 is 1.87 bits per heavy atom. The van der Waals surface area contributed by atoms with Gasteiger partial charge in [-0.1, -0.05) is 25.7 Å². The van der Waals surface area contributed by atoms with Crippen LogP contribution >= 0.6 is 0 Å². The Bertz CT molecular complexity index is 175. The third-order valence-electron chi connectivity index (χ3n) is 4.30. The zero-order valence-corrected chi connectivity index (χ0v) is 10.1. The predicted octanol–water partition coefficient (Wildman–Crippen LogP) is 2.58. The van der Waals surface area contributed by atoms with Gasteiger partial charge in [0.25, 0.3) is 0 Å². The van der Waals surface area contributed by atoms with Crippen LogP contribution in [0.15, 0.2) is 0 Å². The van der Waals surface area contributed by atoms with E-state index < -0.39 is 0 Å². The van der Waals surface area contributed by atoms with E-state index in [4.69, 9.17) is 4.74 Å². The van der Waals surface area contributed by atoms with Crippen LogP contribution in [0.2, 0.25) is 0 Å². The normalized spacial score (nSPS) is 27.0. The van der Waals surface area contributed by atoms with E-state index in [-0.39, 0.29) is 0 Å². The Morgan fingerprint density at radius 3 is 2.47 bits per heavy atom. The third kappa shape index (κ3) is 2.94. The summed E-state index contributed by atoms with van der Waals surface area (Å²) in [6.07, 6.45) is 9.87. The lowest BCUT2D eigenvalue weighted by atomic mass is 9.73. The molecule has 1 saturated heterocycles. The molecule has 0 bridgehead atoms. The Kier molecular flexibility index (Phi) is 4.04. The van der Waals surface area contributed by atoms with Crippen LogP contribution in [0.5, 0.6) is 0 Å². The molecule has 0 aromatic heterocycles. The quantitative estimate of drug-likeness (QED) is 0.771. The van der Waals surface area contributed by atoms with Crippen LogP contribution in [0.25, 0.3) is 0 Å². The second-order valence-electron chi connectivity index (χ2n) is 5.50. The summed E-state index contributed by atoms with van der Waals surface area (Å²) in [4.78, 5) is 0. The van der Waals surface area contributed by atoms with Crippen LogP contribution in [0.1, 0.15) is 44.9 Å². The standard InChI is InChI=1S/C13H25NO/c1-14-11-13(6-8-15-9-7-13)10-12-4-2-3-5-12/h12,14H,2-11H2,1H3. The van der Waals surface area contributed by atoms with E-state index in [1.807, 2.05) is 0 Å². The number of hydrogen-bond acceptors (Lipinski definition) is 2. The molecule has 1 N–H and O–H groups in total. The molecule has 0 amide bonds. The van der Waals surface area contributed by atoms with E-state index in [1.165, 1.54) is 51.5 Å². The molecule has 2 rings (SSSR count). The van der Waals surface area contributed by atoms with Crippen molar-refractivity contribution in [2.45, 2.75) is 44.9 Å². The Balaban J connectivity index is 1.90. The predicted molar refractivity (Wildman–Crippen MR) is 63.0 cm³/mol. The van der Waals surface area contributed by atoms with Crippen LogP contribution in [0.3, 0.4) is 0 Å². The van der Waals surface area contributed by atoms with Crippen molar-refractivity contribution in [1.29, 1.82) is 0 Å². The molecule has 0 radical (unpaired) electrons. The van der Waals surface area contributed by atoms with Gasteiger partial charge < -0.3 is 10.1 Å². The second kappa shape index (κ2) is 5.31. The van der Waals surface area contributed by atoms with Gasteiger partial charge in [-0.15, -0.1) is 0 Å². The van der Waals surface area contributed by atoms with E-state index in [2.05, 4.69) is 12.4 Å². The van der Waals surface area contributed by atoms with Crippen LogP contribution in [0, 0.1) is 11.3 Å². The lowest BCUT2D eigenvalue weighted by Gasteiger charge is -2.39. The van der Waals surface area contributed by atoms with E-state index in [9.17, 15) is 0 Å². The van der Waals surface area contributed by atoms with Gasteiger partial charge in [-0.3, -0.25) is 0 Å². The minimum absolute atomic E-state index is 0.558. The van der Waals surface area contributed by atoms with Crippen molar-refractivity contribution in [2.75, 3.05) is 26.8 Å². The van der Waals surface area contributed by atoms with Crippen molar-refractivity contribution < 1.29 is 4.74 Å². The minimum Gasteiger partial charge on any atom is -0.381 e. The van der Waals surface area contributed by atoms with Gasteiger partial charge in [0, 0.05) is 19.8 Å². The molecule has 2 fully saturated rings. The fraction of sp³-hybridized carbons (Fsp3) is 1.00. The Hall–Kier alpha value is -0.0800. The SMILES string of the molecule is CNCC1(CC2CCCC2)CCOCC1. The van der Waals surface area contributed by atoms with Crippen molar-refractivity contribution in [1.82, 2.24) is 5.32 Å². The number of nitrogens with one attached hydrogen (secondary N) is 1. The summed E-state index contributed by atoms with van der Waals surface area (Å²) >= 11 is 0. The highest BCUT2D eigenvalue weighted by molar-refractivity contribution is 4.87. The lowest BCUT2D eigenvalue weighted by molar-refractivity contribution is 0.00337. The number of ether oxygens (including phenoxy) is 1. The molecule has 0 spiro atoms. The summed E-state index contributed by atoms with van der Waals surface area (Å²) in [6, 6.07) is 0. The van der Waals surface area contributed by atoms with Gasteiger partial charge in [0.1, 0.15) is 0 Å². The first-order chi connectivity index (χ1) is 7.35. The summed E-state index contributed by atoms with van der Waals surface area (Å²) in [5.41, 5.74) is 0.558. The first-order valence-electron chi connectivity index (χ1n) is 6.57. The molecule has 2 nitrogen and oxygen atoms in total. The van der Waals surface area contributed by atoms with E-state index >= 15 is 0 Å². The molecular weight excluding hydrogens is 186 g/mol. The monoisotopic (exact) mass is 211 g/mol. The molecule has 0 aromatic carbocycles. The fourth-order valence-corrected chi connectivity index (χ4v) is 3.46. The molecule has 2 heteroatoms. The average molecular weight is 211 g/mol. The van der Waals surface area contributed by atoms with Gasteiger partial charge in [-0.05, 0) is 37.6 Å². The third-order valence-corrected chi connectivity index (χ3v) is 4.30. The fourth-order valence-electron chi connectivity index (χ4n) is 3.46. The molecule has 15 heavy (non-hydrogen) atoms. The van der Waals surface area contributed by atoms with Crippen LogP contribution in [-0.4, -0.2) is 26.8 Å². The minimum atomic E-state index is 0.558. The van der Waals surface area contributed by atoms with Gasteiger partial charge in [-0.2, -0.15) is 0 Å². The van der Waals surface area contributed by atoms with Crippen molar-refractivity contribution in [2.24, 2.45) is 11.3 Å². The highest BCUT2D eigenvalue weighted by Crippen LogP contribution is 2.41. The highest BCUT2D eigenvalue weighted by Gasteiger charge is 2.35. The summed E-state index contributed by atoms with van der Waals surface area (Å²) < 4.78 is 5.51. The van der Waals surface area contributed by atoms with Gasteiger partial charge in [-0.25, -0.2) is 0 Å². The van der Waals surface area contributed by atoms with Gasteiger partial charge in [0.15, 0.2) is 0 Å². The molecular formula is C13H25NO. The molecule has 1 aliphatic heterocycles. The molecule has 1 saturated carbocycles. The average Bonchev–Trinajstić information content (AvgIpc) is 2.72. The smallest absolute Gasteiger partial charge is 0.0471 e. The zero-order chi connectivity index (χ0) is 10.6. The van der Waals surface area contributed by atoms with Crippen molar-refractivity contribution in [3.8, 4) is 0 Å². The summed E-state index contributed by atoms with van der Waals surface area (Å²) in [6.45, 7) is 3.15. The maximum Gasteiger partial charge on any atom is 0.0471 e. The van der Waals surface area contributed by atoms with Crippen LogP contribution in [0.4, 0.5) is 0 Å². The molecule has 2 aliphatic rings. The Morgan fingerprint density at radius 1 is 1.20 bits per heavy atom. The van der Waals surface area contributed by atoms with Crippen molar-refractivity contribution in [3.05, 3.63) is 0 Å². The second-order valence-corrected chi connectivity index (χ2v) is 5.50. The summed E-state index contributed by atoms with van der Waals surface area (Å²) in [5.74, 6) is 1.01. The van der Waals surface area contributed by atoms with Crippen molar-refractivity contribution >= 4 is 0 Å². The molecule has 0 unspecified atom stereocenters. The Labute approximate surface area is 93.8 Å². The van der Waals surface area contributed by atoms with Gasteiger partial charge in [0.05, 0.1) is 0 Å². The first kappa shape index (κ1) is 11.4. The first-order valence-corrected chi connectivity index (χ1v) is 6.57. The largest absolute Gasteiger partial charge is 0.381 e. The number of hydrogen-bond donors (Lipinski definition) is 1. The molecule has 88 valence electrons. The van der Waals surface area contributed by atoms with Crippen LogP contribution < -0.4 is 5.32 Å². The van der Waals surface area contributed by atoms with E-state index in [0.29, 0.717) is 5.41 Å².